The Balaban J connectivity index is 4.16. The van der Waals surface area contributed by atoms with E-state index in [1.54, 1.807) is 0 Å². The molecule has 0 heterocycles. The van der Waals surface area contributed by atoms with Crippen molar-refractivity contribution in [1.29, 1.82) is 0 Å². The standard InChI is InChI=1S/C14H26N2O5/c1-5-6-11(17)15-9-12(18)16-10(13(19)20)7-8-21-14(2,3)4/h10H,5-9H2,1-4H3,(H,15,17)(H,16,18)(H,19,20). The highest BCUT2D eigenvalue weighted by Gasteiger charge is 2.21. The van der Waals surface area contributed by atoms with Gasteiger partial charge in [0.15, 0.2) is 0 Å². The highest BCUT2D eigenvalue weighted by molar-refractivity contribution is 5.87. The van der Waals surface area contributed by atoms with Gasteiger partial charge in [0.2, 0.25) is 11.8 Å². The number of rotatable bonds is 9. The van der Waals surface area contributed by atoms with Gasteiger partial charge in [0.25, 0.3) is 0 Å². The van der Waals surface area contributed by atoms with Crippen LogP contribution in [0.2, 0.25) is 0 Å². The van der Waals surface area contributed by atoms with E-state index in [9.17, 15) is 14.4 Å². The minimum atomic E-state index is -1.12. The van der Waals surface area contributed by atoms with Crippen molar-refractivity contribution in [3.63, 3.8) is 0 Å². The van der Waals surface area contributed by atoms with Crippen molar-refractivity contribution in [3.8, 4) is 0 Å². The molecule has 1 unspecified atom stereocenters. The topological polar surface area (TPSA) is 105 Å². The lowest BCUT2D eigenvalue weighted by Gasteiger charge is -2.21. The summed E-state index contributed by atoms with van der Waals surface area (Å²) in [6.07, 6.45) is 1.20. The van der Waals surface area contributed by atoms with Gasteiger partial charge in [-0.15, -0.1) is 0 Å². The summed E-state index contributed by atoms with van der Waals surface area (Å²) in [5.74, 6) is -1.88. The minimum absolute atomic E-state index is 0.168. The maximum atomic E-state index is 11.6. The van der Waals surface area contributed by atoms with Gasteiger partial charge in [0.05, 0.1) is 12.1 Å². The first kappa shape index (κ1) is 19.4. The van der Waals surface area contributed by atoms with E-state index >= 15 is 0 Å². The molecule has 2 amide bonds. The summed E-state index contributed by atoms with van der Waals surface area (Å²) in [4.78, 5) is 33.9. The number of carboxylic acid groups (broad SMARTS) is 1. The van der Waals surface area contributed by atoms with E-state index < -0.39 is 17.9 Å². The fourth-order valence-electron chi connectivity index (χ4n) is 1.48. The monoisotopic (exact) mass is 302 g/mol. The summed E-state index contributed by atoms with van der Waals surface area (Å²) in [5.41, 5.74) is -0.360. The molecule has 7 heteroatoms. The van der Waals surface area contributed by atoms with Gasteiger partial charge < -0.3 is 20.5 Å². The zero-order chi connectivity index (χ0) is 16.5. The van der Waals surface area contributed by atoms with Gasteiger partial charge in [-0.25, -0.2) is 4.79 Å². The summed E-state index contributed by atoms with van der Waals surface area (Å²) >= 11 is 0. The van der Waals surface area contributed by atoms with E-state index in [4.69, 9.17) is 9.84 Å². The number of hydrogen-bond acceptors (Lipinski definition) is 4. The summed E-state index contributed by atoms with van der Waals surface area (Å²) in [5, 5.41) is 13.9. The van der Waals surface area contributed by atoms with Crippen molar-refractivity contribution in [3.05, 3.63) is 0 Å². The highest BCUT2D eigenvalue weighted by Crippen LogP contribution is 2.07. The first-order chi connectivity index (χ1) is 9.65. The number of carbonyl (C=O) groups is 3. The average molecular weight is 302 g/mol. The molecule has 0 aromatic heterocycles. The Hall–Kier alpha value is -1.63. The van der Waals surface area contributed by atoms with Crippen LogP contribution in [0.3, 0.4) is 0 Å². The van der Waals surface area contributed by atoms with Gasteiger partial charge in [0.1, 0.15) is 6.04 Å². The lowest BCUT2D eigenvalue weighted by Crippen LogP contribution is -2.46. The van der Waals surface area contributed by atoms with Gasteiger partial charge >= 0.3 is 5.97 Å². The second kappa shape index (κ2) is 9.33. The number of nitrogens with one attached hydrogen (secondary N) is 2. The van der Waals surface area contributed by atoms with Gasteiger partial charge in [-0.3, -0.25) is 9.59 Å². The van der Waals surface area contributed by atoms with Crippen molar-refractivity contribution in [1.82, 2.24) is 10.6 Å². The number of aliphatic carboxylic acids is 1. The zero-order valence-electron chi connectivity index (χ0n) is 13.2. The third-order valence-corrected chi connectivity index (χ3v) is 2.50. The van der Waals surface area contributed by atoms with E-state index in [0.717, 1.165) is 0 Å². The lowest BCUT2D eigenvalue weighted by molar-refractivity contribution is -0.142. The van der Waals surface area contributed by atoms with Crippen molar-refractivity contribution < 1.29 is 24.2 Å². The molecule has 0 saturated heterocycles. The average Bonchev–Trinajstić information content (AvgIpc) is 2.34. The molecule has 7 nitrogen and oxygen atoms in total. The first-order valence-corrected chi connectivity index (χ1v) is 7.08. The molecule has 0 fully saturated rings. The SMILES string of the molecule is CCCC(=O)NCC(=O)NC(CCOC(C)(C)C)C(=O)O. The molecule has 0 aromatic rings. The fourth-order valence-corrected chi connectivity index (χ4v) is 1.48. The molecule has 0 radical (unpaired) electrons. The van der Waals surface area contributed by atoms with Crippen molar-refractivity contribution >= 4 is 17.8 Å². The molecule has 0 aliphatic carbocycles. The predicted octanol–water partition coefficient (Wildman–Crippen LogP) is 0.677. The Kier molecular flexibility index (Phi) is 8.61. The maximum absolute atomic E-state index is 11.6. The Bertz CT molecular complexity index is 363. The van der Waals surface area contributed by atoms with Crippen LogP contribution in [0.1, 0.15) is 47.0 Å². The number of carbonyl (C=O) groups excluding carboxylic acids is 2. The van der Waals surface area contributed by atoms with Crippen molar-refractivity contribution in [2.24, 2.45) is 0 Å². The molecule has 0 aliphatic heterocycles. The maximum Gasteiger partial charge on any atom is 0.326 e. The highest BCUT2D eigenvalue weighted by atomic mass is 16.5. The predicted molar refractivity (Wildman–Crippen MR) is 77.8 cm³/mol. The second-order valence-electron chi connectivity index (χ2n) is 5.73. The Labute approximate surface area is 125 Å². The molecular weight excluding hydrogens is 276 g/mol. The minimum Gasteiger partial charge on any atom is -0.480 e. The summed E-state index contributed by atoms with van der Waals surface area (Å²) in [6.45, 7) is 7.46. The molecule has 0 rings (SSSR count). The molecule has 21 heavy (non-hydrogen) atoms. The van der Waals surface area contributed by atoms with Gasteiger partial charge in [0, 0.05) is 19.4 Å². The van der Waals surface area contributed by atoms with E-state index in [1.807, 2.05) is 27.7 Å². The third-order valence-electron chi connectivity index (χ3n) is 2.50. The van der Waals surface area contributed by atoms with Crippen LogP contribution in [0.25, 0.3) is 0 Å². The van der Waals surface area contributed by atoms with Gasteiger partial charge in [-0.2, -0.15) is 0 Å². The normalized spacial score (nSPS) is 12.6. The molecule has 0 aromatic carbocycles. The van der Waals surface area contributed by atoms with Crippen LogP contribution in [0.15, 0.2) is 0 Å². The molecule has 0 spiro atoms. The number of ether oxygens (including phenoxy) is 1. The van der Waals surface area contributed by atoms with Crippen LogP contribution >= 0.6 is 0 Å². The Morgan fingerprint density at radius 2 is 1.81 bits per heavy atom. The Morgan fingerprint density at radius 3 is 2.29 bits per heavy atom. The number of carboxylic acids is 1. The zero-order valence-corrected chi connectivity index (χ0v) is 13.2. The van der Waals surface area contributed by atoms with Crippen molar-refractivity contribution in [2.75, 3.05) is 13.2 Å². The smallest absolute Gasteiger partial charge is 0.326 e. The molecule has 3 N–H and O–H groups in total. The van der Waals surface area contributed by atoms with Crippen LogP contribution in [-0.2, 0) is 19.1 Å². The summed E-state index contributed by atoms with van der Waals surface area (Å²) in [7, 11) is 0. The van der Waals surface area contributed by atoms with E-state index in [0.29, 0.717) is 12.8 Å². The summed E-state index contributed by atoms with van der Waals surface area (Å²) < 4.78 is 5.44. The largest absolute Gasteiger partial charge is 0.480 e. The first-order valence-electron chi connectivity index (χ1n) is 7.08. The third kappa shape index (κ3) is 10.8. The fraction of sp³-hybridized carbons (Fsp3) is 0.786. The van der Waals surface area contributed by atoms with E-state index in [-0.39, 0.29) is 31.1 Å². The van der Waals surface area contributed by atoms with E-state index in [1.165, 1.54) is 0 Å². The van der Waals surface area contributed by atoms with Crippen LogP contribution < -0.4 is 10.6 Å². The lowest BCUT2D eigenvalue weighted by atomic mass is 10.1. The number of amides is 2. The number of hydrogen-bond donors (Lipinski definition) is 3. The second-order valence-corrected chi connectivity index (χ2v) is 5.73. The van der Waals surface area contributed by atoms with Crippen LogP contribution in [0.5, 0.6) is 0 Å². The quantitative estimate of drug-likeness (QED) is 0.581. The molecule has 122 valence electrons. The molecular formula is C14H26N2O5. The van der Waals surface area contributed by atoms with E-state index in [2.05, 4.69) is 10.6 Å². The van der Waals surface area contributed by atoms with Gasteiger partial charge in [-0.1, -0.05) is 6.92 Å². The molecule has 0 bridgehead atoms. The van der Waals surface area contributed by atoms with Crippen molar-refractivity contribution in [2.45, 2.75) is 58.6 Å². The summed E-state index contributed by atoms with van der Waals surface area (Å²) in [6, 6.07) is -1.03. The molecule has 0 aliphatic rings. The van der Waals surface area contributed by atoms with Gasteiger partial charge in [-0.05, 0) is 27.2 Å². The van der Waals surface area contributed by atoms with Crippen LogP contribution in [-0.4, -0.2) is 47.7 Å². The molecule has 0 saturated carbocycles. The van der Waals surface area contributed by atoms with Crippen LogP contribution in [0, 0.1) is 0 Å². The molecule has 1 atom stereocenters. The Morgan fingerprint density at radius 1 is 1.19 bits per heavy atom. The van der Waals surface area contributed by atoms with Crippen LogP contribution in [0.4, 0.5) is 0 Å².